The number of nitrogens with two attached hydrogens (primary N) is 1. The zero-order valence-corrected chi connectivity index (χ0v) is 28.3. The van der Waals surface area contributed by atoms with Gasteiger partial charge in [0.25, 0.3) is 0 Å². The van der Waals surface area contributed by atoms with E-state index in [1.54, 1.807) is 16.2 Å². The molecule has 8 nitrogen and oxygen atoms in total. The fourth-order valence-corrected chi connectivity index (χ4v) is 6.34. The number of thiophene rings is 1. The summed E-state index contributed by atoms with van der Waals surface area (Å²) in [6.45, 7) is 0.739. The smallest absolute Gasteiger partial charge is 0.475 e. The highest BCUT2D eigenvalue weighted by atomic mass is 32.1. The third-order valence-electron chi connectivity index (χ3n) is 8.24. The molecular formula is C39H36F3N3O5S. The second-order valence-electron chi connectivity index (χ2n) is 11.8. The lowest BCUT2D eigenvalue weighted by Crippen LogP contribution is -2.33. The number of nitrogens with one attached hydrogen (secondary N) is 1. The van der Waals surface area contributed by atoms with E-state index < -0.39 is 12.1 Å². The average molecular weight is 716 g/mol. The van der Waals surface area contributed by atoms with Gasteiger partial charge in [-0.3, -0.25) is 9.59 Å². The minimum atomic E-state index is -5.08. The number of fused-ring (bicyclic) bond motifs is 1. The quantitative estimate of drug-likeness (QED) is 0.126. The molecule has 1 aliphatic carbocycles. The van der Waals surface area contributed by atoms with E-state index in [9.17, 15) is 22.8 Å². The molecule has 0 fully saturated rings. The van der Waals surface area contributed by atoms with Crippen LogP contribution < -0.4 is 20.7 Å². The maximum Gasteiger partial charge on any atom is 0.490 e. The number of aliphatic carboxylic acids is 1. The summed E-state index contributed by atoms with van der Waals surface area (Å²) >= 11 is 1.66. The molecule has 6 rings (SSSR count). The first-order chi connectivity index (χ1) is 24.5. The van der Waals surface area contributed by atoms with E-state index in [0.29, 0.717) is 30.3 Å². The number of hydrogen-bond donors (Lipinski definition) is 3. The molecule has 0 saturated heterocycles. The molecular weight excluding hydrogens is 680 g/mol. The largest absolute Gasteiger partial charge is 0.490 e. The van der Waals surface area contributed by atoms with Gasteiger partial charge in [-0.05, 0) is 87.3 Å². The predicted molar refractivity (Wildman–Crippen MR) is 190 cm³/mol. The van der Waals surface area contributed by atoms with Gasteiger partial charge in [-0.1, -0.05) is 72.8 Å². The Morgan fingerprint density at radius 2 is 1.61 bits per heavy atom. The fraction of sp³-hybridized carbons (Fsp3) is 0.205. The number of ether oxygens (including phenoxy) is 1. The molecule has 4 N–H and O–H groups in total. The lowest BCUT2D eigenvalue weighted by molar-refractivity contribution is -0.192. The zero-order valence-electron chi connectivity index (χ0n) is 27.4. The molecule has 0 aliphatic heterocycles. The Balaban J connectivity index is 0.000000654. The molecule has 12 heteroatoms. The van der Waals surface area contributed by atoms with Crippen LogP contribution in [0.5, 0.6) is 11.5 Å². The molecule has 2 amide bonds. The number of carboxylic acid groups (broad SMARTS) is 1. The van der Waals surface area contributed by atoms with Crippen molar-refractivity contribution in [2.24, 2.45) is 5.73 Å². The van der Waals surface area contributed by atoms with Crippen molar-refractivity contribution in [2.45, 2.75) is 51.0 Å². The van der Waals surface area contributed by atoms with E-state index in [4.69, 9.17) is 20.4 Å². The minimum Gasteiger partial charge on any atom is -0.475 e. The molecule has 1 aliphatic rings. The maximum absolute atomic E-state index is 13.9. The van der Waals surface area contributed by atoms with Crippen LogP contribution in [0.25, 0.3) is 11.1 Å². The highest BCUT2D eigenvalue weighted by Gasteiger charge is 2.38. The molecule has 1 aromatic heterocycles. The highest BCUT2D eigenvalue weighted by molar-refractivity contribution is 7.08. The number of amides is 2. The van der Waals surface area contributed by atoms with Gasteiger partial charge in [0.05, 0.1) is 18.3 Å². The van der Waals surface area contributed by atoms with Gasteiger partial charge in [0.2, 0.25) is 11.8 Å². The third kappa shape index (κ3) is 10.1. The van der Waals surface area contributed by atoms with Gasteiger partial charge in [0.15, 0.2) is 5.75 Å². The first kappa shape index (κ1) is 36.8. The van der Waals surface area contributed by atoms with Gasteiger partial charge < -0.3 is 25.8 Å². The molecule has 264 valence electrons. The first-order valence-corrected chi connectivity index (χ1v) is 17.1. The molecule has 1 unspecified atom stereocenters. The Morgan fingerprint density at radius 3 is 2.31 bits per heavy atom. The summed E-state index contributed by atoms with van der Waals surface area (Å²) < 4.78 is 38.0. The summed E-state index contributed by atoms with van der Waals surface area (Å²) in [6.07, 6.45) is -3.08. The summed E-state index contributed by atoms with van der Waals surface area (Å²) in [5.74, 6) is -1.84. The number of carbonyl (C=O) groups excluding carboxylic acids is 2. The molecule has 0 radical (unpaired) electrons. The van der Waals surface area contributed by atoms with Crippen molar-refractivity contribution in [1.82, 2.24) is 5.32 Å². The van der Waals surface area contributed by atoms with Crippen molar-refractivity contribution < 1.29 is 37.4 Å². The molecule has 0 saturated carbocycles. The Bertz CT molecular complexity index is 1950. The van der Waals surface area contributed by atoms with Crippen LogP contribution in [0, 0.1) is 0 Å². The SMILES string of the molecule is NCc1cccc(Oc2ccccc2N(Cc2ccc(-c3ccsc3)cc2)C(=O)CCC(=O)NC2CCc3ccccc32)c1.O=C(O)C(F)(F)F. The normalized spacial score (nSPS) is 13.4. The van der Waals surface area contributed by atoms with E-state index in [2.05, 4.69) is 46.4 Å². The van der Waals surface area contributed by atoms with Crippen molar-refractivity contribution >= 4 is 34.8 Å². The second kappa shape index (κ2) is 17.0. The van der Waals surface area contributed by atoms with Gasteiger partial charge >= 0.3 is 12.1 Å². The Kier molecular flexibility index (Phi) is 12.2. The van der Waals surface area contributed by atoms with Gasteiger partial charge in [0.1, 0.15) is 5.75 Å². The number of carbonyl (C=O) groups is 3. The molecule has 51 heavy (non-hydrogen) atoms. The van der Waals surface area contributed by atoms with Crippen molar-refractivity contribution in [3.05, 3.63) is 136 Å². The van der Waals surface area contributed by atoms with Crippen LogP contribution in [-0.2, 0) is 33.9 Å². The summed E-state index contributed by atoms with van der Waals surface area (Å²) in [5.41, 5.74) is 13.2. The van der Waals surface area contributed by atoms with Gasteiger partial charge in [-0.15, -0.1) is 0 Å². The number of hydrogen-bond acceptors (Lipinski definition) is 6. The van der Waals surface area contributed by atoms with E-state index in [1.165, 1.54) is 16.7 Å². The molecule has 4 aromatic carbocycles. The van der Waals surface area contributed by atoms with Gasteiger partial charge in [-0.25, -0.2) is 4.79 Å². The number of nitrogens with zero attached hydrogens (tertiary/aromatic N) is 1. The number of anilines is 1. The van der Waals surface area contributed by atoms with Crippen molar-refractivity contribution in [1.29, 1.82) is 0 Å². The van der Waals surface area contributed by atoms with E-state index in [1.807, 2.05) is 72.8 Å². The Morgan fingerprint density at radius 1 is 0.882 bits per heavy atom. The summed E-state index contributed by atoms with van der Waals surface area (Å²) in [6, 6.07) is 33.7. The van der Waals surface area contributed by atoms with Crippen LogP contribution in [0.1, 0.15) is 47.6 Å². The summed E-state index contributed by atoms with van der Waals surface area (Å²) in [4.78, 5) is 37.6. The van der Waals surface area contributed by atoms with Crippen molar-refractivity contribution in [3.8, 4) is 22.6 Å². The van der Waals surface area contributed by atoms with E-state index in [-0.39, 0.29) is 30.7 Å². The number of aryl methyl sites for hydroxylation is 1. The maximum atomic E-state index is 13.9. The Labute approximate surface area is 297 Å². The average Bonchev–Trinajstić information content (AvgIpc) is 3.81. The number of benzene rings is 4. The van der Waals surface area contributed by atoms with Crippen LogP contribution in [0.4, 0.5) is 18.9 Å². The van der Waals surface area contributed by atoms with Crippen LogP contribution in [0.15, 0.2) is 114 Å². The van der Waals surface area contributed by atoms with Crippen molar-refractivity contribution in [2.75, 3.05) is 4.90 Å². The van der Waals surface area contributed by atoms with Gasteiger partial charge in [0, 0.05) is 19.4 Å². The van der Waals surface area contributed by atoms with Crippen LogP contribution in [-0.4, -0.2) is 29.1 Å². The predicted octanol–water partition coefficient (Wildman–Crippen LogP) is 8.42. The van der Waals surface area contributed by atoms with E-state index in [0.717, 1.165) is 29.5 Å². The number of rotatable bonds is 11. The number of halogens is 3. The van der Waals surface area contributed by atoms with Crippen LogP contribution >= 0.6 is 11.3 Å². The number of para-hydroxylation sites is 2. The monoisotopic (exact) mass is 715 g/mol. The second-order valence-corrected chi connectivity index (χ2v) is 12.6. The topological polar surface area (TPSA) is 122 Å². The van der Waals surface area contributed by atoms with Crippen LogP contribution in [0.2, 0.25) is 0 Å². The fourth-order valence-electron chi connectivity index (χ4n) is 5.68. The van der Waals surface area contributed by atoms with Crippen LogP contribution in [0.3, 0.4) is 0 Å². The standard InChI is InChI=1S/C37H35N3O3S.C2HF3O2/c38-23-27-6-5-8-31(22-27)43-35-11-4-3-10-34(35)40(24-26-12-14-28(15-13-26)30-20-21-44-25-30)37(42)19-18-36(41)39-33-17-16-29-7-1-2-9-32(29)33;3-2(4,5)1(6)7/h1-15,20-22,25,33H,16-19,23-24,38H2,(H,39,41);(H,6,7). The lowest BCUT2D eigenvalue weighted by atomic mass is 10.1. The lowest BCUT2D eigenvalue weighted by Gasteiger charge is -2.26. The molecule has 0 spiro atoms. The van der Waals surface area contributed by atoms with Gasteiger partial charge in [-0.2, -0.15) is 24.5 Å². The van der Waals surface area contributed by atoms with Crippen molar-refractivity contribution in [3.63, 3.8) is 0 Å². The molecule has 5 aromatic rings. The summed E-state index contributed by atoms with van der Waals surface area (Å²) in [5, 5.41) is 14.5. The highest BCUT2D eigenvalue weighted by Crippen LogP contribution is 2.35. The number of carboxylic acids is 1. The van der Waals surface area contributed by atoms with E-state index >= 15 is 0 Å². The third-order valence-corrected chi connectivity index (χ3v) is 8.93. The zero-order chi connectivity index (χ0) is 36.4. The first-order valence-electron chi connectivity index (χ1n) is 16.2. The summed E-state index contributed by atoms with van der Waals surface area (Å²) in [7, 11) is 0. The molecule has 0 bridgehead atoms. The molecule has 1 heterocycles. The number of alkyl halides is 3. The Hall–Kier alpha value is -5.46. The molecule has 1 atom stereocenters. The minimum absolute atomic E-state index is 0.00921.